The van der Waals surface area contributed by atoms with E-state index in [1.807, 2.05) is 42.5 Å². The predicted molar refractivity (Wildman–Crippen MR) is 120 cm³/mol. The van der Waals surface area contributed by atoms with Gasteiger partial charge in [0.1, 0.15) is 5.70 Å². The van der Waals surface area contributed by atoms with Crippen LogP contribution in [0.15, 0.2) is 60.3 Å². The van der Waals surface area contributed by atoms with Crippen LogP contribution in [0.5, 0.6) is 0 Å². The summed E-state index contributed by atoms with van der Waals surface area (Å²) in [6.45, 7) is 2.94. The lowest BCUT2D eigenvalue weighted by Crippen LogP contribution is -2.29. The summed E-state index contributed by atoms with van der Waals surface area (Å²) in [6, 6.07) is 16.7. The van der Waals surface area contributed by atoms with Crippen LogP contribution in [-0.4, -0.2) is 37.5 Å². The molecule has 0 unspecified atom stereocenters. The summed E-state index contributed by atoms with van der Waals surface area (Å²) in [6.07, 6.45) is 5.17. The molecule has 1 saturated heterocycles. The molecule has 0 aliphatic carbocycles. The van der Waals surface area contributed by atoms with E-state index < -0.39 is 24.4 Å². The predicted octanol–water partition coefficient (Wildman–Crippen LogP) is 3.34. The summed E-state index contributed by atoms with van der Waals surface area (Å²) in [5.74, 6) is -1.65. The molecule has 2 aromatic carbocycles. The van der Waals surface area contributed by atoms with Crippen molar-refractivity contribution < 1.29 is 19.1 Å². The fourth-order valence-electron chi connectivity index (χ4n) is 3.37. The van der Waals surface area contributed by atoms with E-state index in [0.717, 1.165) is 24.3 Å². The Bertz CT molecular complexity index is 933. The van der Waals surface area contributed by atoms with Crippen LogP contribution in [0.25, 0.3) is 6.08 Å². The number of amides is 2. The fourth-order valence-corrected chi connectivity index (χ4v) is 3.37. The van der Waals surface area contributed by atoms with Gasteiger partial charge in [-0.1, -0.05) is 30.3 Å². The summed E-state index contributed by atoms with van der Waals surface area (Å²) >= 11 is 0. The summed E-state index contributed by atoms with van der Waals surface area (Å²) in [7, 11) is 0. The third-order valence-electron chi connectivity index (χ3n) is 4.85. The number of hydrogen-bond donors (Lipinski definition) is 2. The number of carbonyl (C=O) groups excluding carboxylic acids is 3. The third kappa shape index (κ3) is 6.99. The Hall–Kier alpha value is -3.61. The number of carbonyl (C=O) groups is 3. The highest BCUT2D eigenvalue weighted by atomic mass is 16.5. The van der Waals surface area contributed by atoms with E-state index in [9.17, 15) is 14.4 Å². The molecule has 7 heteroatoms. The normalized spacial score (nSPS) is 14.0. The number of nitrogens with one attached hydrogen (secondary N) is 2. The topological polar surface area (TPSA) is 87.7 Å². The van der Waals surface area contributed by atoms with Gasteiger partial charge in [0, 0.05) is 31.4 Å². The van der Waals surface area contributed by atoms with Gasteiger partial charge in [-0.05, 0) is 55.2 Å². The first kappa shape index (κ1) is 22.1. The molecule has 0 atom stereocenters. The number of esters is 1. The van der Waals surface area contributed by atoms with Gasteiger partial charge in [-0.25, -0.2) is 4.79 Å². The van der Waals surface area contributed by atoms with Gasteiger partial charge in [-0.15, -0.1) is 0 Å². The lowest BCUT2D eigenvalue weighted by atomic mass is 10.1. The van der Waals surface area contributed by atoms with Gasteiger partial charge in [0.2, 0.25) is 5.91 Å². The molecule has 1 aliphatic heterocycles. The van der Waals surface area contributed by atoms with Gasteiger partial charge in [-0.3, -0.25) is 9.59 Å². The Labute approximate surface area is 182 Å². The molecule has 0 saturated carbocycles. The van der Waals surface area contributed by atoms with Crippen LogP contribution in [0.3, 0.4) is 0 Å². The number of piperidine rings is 1. The number of nitrogens with zero attached hydrogens (tertiary/aromatic N) is 1. The van der Waals surface area contributed by atoms with E-state index in [4.69, 9.17) is 4.74 Å². The largest absolute Gasteiger partial charge is 0.451 e. The van der Waals surface area contributed by atoms with Crippen molar-refractivity contribution in [3.63, 3.8) is 0 Å². The lowest BCUT2D eigenvalue weighted by molar-refractivity contribution is -0.144. The number of hydrogen-bond acceptors (Lipinski definition) is 5. The van der Waals surface area contributed by atoms with Crippen LogP contribution < -0.4 is 15.5 Å². The first-order valence-electron chi connectivity index (χ1n) is 10.4. The Morgan fingerprint density at radius 3 is 2.29 bits per heavy atom. The number of benzene rings is 2. The van der Waals surface area contributed by atoms with Crippen molar-refractivity contribution in [3.05, 3.63) is 65.9 Å². The molecule has 2 amide bonds. The highest BCUT2D eigenvalue weighted by Gasteiger charge is 2.15. The molecule has 31 heavy (non-hydrogen) atoms. The van der Waals surface area contributed by atoms with Gasteiger partial charge >= 0.3 is 5.97 Å². The Balaban J connectivity index is 1.54. The van der Waals surface area contributed by atoms with Crippen LogP contribution in [0.4, 0.5) is 11.4 Å². The fraction of sp³-hybridized carbons (Fsp3) is 0.292. The number of rotatable bonds is 7. The molecule has 7 nitrogen and oxygen atoms in total. The maximum atomic E-state index is 12.4. The maximum Gasteiger partial charge on any atom is 0.355 e. The summed E-state index contributed by atoms with van der Waals surface area (Å²) in [5, 5.41) is 5.17. The summed E-state index contributed by atoms with van der Waals surface area (Å²) in [4.78, 5) is 38.3. The van der Waals surface area contributed by atoms with Crippen molar-refractivity contribution >= 4 is 35.2 Å². The van der Waals surface area contributed by atoms with Crippen molar-refractivity contribution in [1.29, 1.82) is 0 Å². The van der Waals surface area contributed by atoms with Crippen molar-refractivity contribution in [2.75, 3.05) is 29.9 Å². The van der Waals surface area contributed by atoms with Gasteiger partial charge in [0.05, 0.1) is 0 Å². The van der Waals surface area contributed by atoms with Gasteiger partial charge < -0.3 is 20.3 Å². The highest BCUT2D eigenvalue weighted by molar-refractivity contribution is 5.99. The molecule has 3 rings (SSSR count). The molecule has 1 aliphatic rings. The number of ether oxygens (including phenoxy) is 1. The molecular weight excluding hydrogens is 394 g/mol. The minimum atomic E-state index is -0.783. The summed E-state index contributed by atoms with van der Waals surface area (Å²) in [5.41, 5.74) is 2.46. The van der Waals surface area contributed by atoms with Crippen molar-refractivity contribution in [2.45, 2.75) is 26.2 Å². The first-order chi connectivity index (χ1) is 15.0. The van der Waals surface area contributed by atoms with E-state index in [-0.39, 0.29) is 5.70 Å². The molecule has 0 spiro atoms. The molecular formula is C24H27N3O4. The van der Waals surface area contributed by atoms with E-state index in [2.05, 4.69) is 15.5 Å². The first-order valence-corrected chi connectivity index (χ1v) is 10.4. The van der Waals surface area contributed by atoms with Crippen LogP contribution >= 0.6 is 0 Å². The Morgan fingerprint density at radius 1 is 0.968 bits per heavy atom. The van der Waals surface area contributed by atoms with E-state index in [1.54, 1.807) is 12.1 Å². The standard InChI is InChI=1S/C24H27N3O4/c1-18(28)25-22(16-19-8-4-2-5-9-19)24(30)31-17-23(29)26-20-10-12-21(13-11-20)27-14-6-3-7-15-27/h2,4-5,8-13,16H,3,6-7,14-15,17H2,1H3,(H,25,28)(H,26,29)/b22-16-. The second-order valence-electron chi connectivity index (χ2n) is 7.37. The maximum absolute atomic E-state index is 12.4. The molecule has 2 aromatic rings. The zero-order valence-electron chi connectivity index (χ0n) is 17.6. The van der Waals surface area contributed by atoms with Crippen molar-refractivity contribution in [1.82, 2.24) is 5.32 Å². The second kappa shape index (κ2) is 11.0. The van der Waals surface area contributed by atoms with Gasteiger partial charge in [0.15, 0.2) is 6.61 Å². The third-order valence-corrected chi connectivity index (χ3v) is 4.85. The average molecular weight is 421 g/mol. The monoisotopic (exact) mass is 421 g/mol. The molecule has 1 fully saturated rings. The molecule has 0 radical (unpaired) electrons. The number of anilines is 2. The minimum absolute atomic E-state index is 0.0302. The van der Waals surface area contributed by atoms with Crippen LogP contribution in [0.2, 0.25) is 0 Å². The quantitative estimate of drug-likeness (QED) is 0.529. The van der Waals surface area contributed by atoms with Crippen LogP contribution in [0, 0.1) is 0 Å². The zero-order chi connectivity index (χ0) is 22.1. The van der Waals surface area contributed by atoms with Gasteiger partial charge in [-0.2, -0.15) is 0 Å². The molecule has 0 bridgehead atoms. The zero-order valence-corrected chi connectivity index (χ0v) is 17.6. The summed E-state index contributed by atoms with van der Waals surface area (Å²) < 4.78 is 5.09. The lowest BCUT2D eigenvalue weighted by Gasteiger charge is -2.28. The SMILES string of the molecule is CC(=O)N/C(=C\c1ccccc1)C(=O)OCC(=O)Nc1ccc(N2CCCCC2)cc1. The van der Waals surface area contributed by atoms with Crippen molar-refractivity contribution in [2.24, 2.45) is 0 Å². The minimum Gasteiger partial charge on any atom is -0.451 e. The van der Waals surface area contributed by atoms with Crippen LogP contribution in [-0.2, 0) is 19.1 Å². The highest BCUT2D eigenvalue weighted by Crippen LogP contribution is 2.21. The van der Waals surface area contributed by atoms with E-state index in [0.29, 0.717) is 5.69 Å². The smallest absolute Gasteiger partial charge is 0.355 e. The van der Waals surface area contributed by atoms with E-state index >= 15 is 0 Å². The molecule has 162 valence electrons. The second-order valence-corrected chi connectivity index (χ2v) is 7.37. The molecule has 2 N–H and O–H groups in total. The Morgan fingerprint density at radius 2 is 1.65 bits per heavy atom. The van der Waals surface area contributed by atoms with Gasteiger partial charge in [0.25, 0.3) is 5.91 Å². The van der Waals surface area contributed by atoms with Crippen molar-refractivity contribution in [3.8, 4) is 0 Å². The van der Waals surface area contributed by atoms with E-state index in [1.165, 1.54) is 32.3 Å². The molecule has 0 aromatic heterocycles. The Kier molecular flexibility index (Phi) is 7.81. The average Bonchev–Trinajstić information content (AvgIpc) is 2.78. The molecule has 1 heterocycles. The van der Waals surface area contributed by atoms with Crippen LogP contribution in [0.1, 0.15) is 31.7 Å².